The molecule has 0 aromatic rings. The number of hydrogen-bond donors (Lipinski definition) is 1. The Morgan fingerprint density at radius 1 is 1.43 bits per heavy atom. The van der Waals surface area contributed by atoms with Crippen LogP contribution in [0.25, 0.3) is 0 Å². The highest BCUT2D eigenvalue weighted by Gasteiger charge is 2.55. The van der Waals surface area contributed by atoms with Gasteiger partial charge in [-0.2, -0.15) is 0 Å². The van der Waals surface area contributed by atoms with Crippen molar-refractivity contribution in [2.45, 2.75) is 44.2 Å². The SMILES string of the molecule is CC1CCC2CCC2(N)C1OC1=NC1. The minimum atomic E-state index is -0.0250. The third-order valence-electron chi connectivity index (χ3n) is 4.25. The van der Waals surface area contributed by atoms with Gasteiger partial charge in [0.15, 0.2) is 0 Å². The van der Waals surface area contributed by atoms with Crippen molar-refractivity contribution in [1.82, 2.24) is 0 Å². The van der Waals surface area contributed by atoms with Crippen molar-refractivity contribution in [3.05, 3.63) is 0 Å². The van der Waals surface area contributed by atoms with Crippen molar-refractivity contribution in [2.75, 3.05) is 6.54 Å². The number of nitrogens with two attached hydrogens (primary N) is 1. The van der Waals surface area contributed by atoms with Crippen LogP contribution in [0.2, 0.25) is 0 Å². The fourth-order valence-corrected chi connectivity index (χ4v) is 3.09. The van der Waals surface area contributed by atoms with Gasteiger partial charge < -0.3 is 10.5 Å². The van der Waals surface area contributed by atoms with Crippen LogP contribution in [0.3, 0.4) is 0 Å². The summed E-state index contributed by atoms with van der Waals surface area (Å²) in [5, 5.41) is 0. The molecule has 0 bridgehead atoms. The quantitative estimate of drug-likeness (QED) is 0.684. The first-order chi connectivity index (χ1) is 6.70. The number of aliphatic imine (C=N–C) groups is 1. The Morgan fingerprint density at radius 3 is 2.79 bits per heavy atom. The summed E-state index contributed by atoms with van der Waals surface area (Å²) in [6.45, 7) is 3.07. The lowest BCUT2D eigenvalue weighted by atomic mass is 9.56. The third-order valence-corrected chi connectivity index (χ3v) is 4.25. The van der Waals surface area contributed by atoms with Crippen LogP contribution < -0.4 is 5.73 Å². The zero-order chi connectivity index (χ0) is 9.76. The molecular formula is C11H18N2O. The van der Waals surface area contributed by atoms with Gasteiger partial charge in [0.1, 0.15) is 12.6 Å². The molecule has 14 heavy (non-hydrogen) atoms. The maximum atomic E-state index is 6.44. The zero-order valence-corrected chi connectivity index (χ0v) is 8.70. The summed E-state index contributed by atoms with van der Waals surface area (Å²) in [7, 11) is 0. The average molecular weight is 194 g/mol. The van der Waals surface area contributed by atoms with E-state index in [1.165, 1.54) is 19.3 Å². The van der Waals surface area contributed by atoms with E-state index >= 15 is 0 Å². The second-order valence-electron chi connectivity index (χ2n) is 5.15. The van der Waals surface area contributed by atoms with E-state index in [0.29, 0.717) is 11.8 Å². The molecule has 4 unspecified atom stereocenters. The molecule has 2 saturated carbocycles. The lowest BCUT2D eigenvalue weighted by Crippen LogP contribution is -2.67. The Balaban J connectivity index is 1.78. The van der Waals surface area contributed by atoms with E-state index in [4.69, 9.17) is 10.5 Å². The summed E-state index contributed by atoms with van der Waals surface area (Å²) in [4.78, 5) is 4.08. The van der Waals surface area contributed by atoms with Crippen LogP contribution in [0.1, 0.15) is 32.6 Å². The molecule has 3 aliphatic rings. The van der Waals surface area contributed by atoms with E-state index in [2.05, 4.69) is 11.9 Å². The van der Waals surface area contributed by atoms with Crippen molar-refractivity contribution >= 4 is 5.90 Å². The van der Waals surface area contributed by atoms with Crippen LogP contribution in [0.4, 0.5) is 0 Å². The van der Waals surface area contributed by atoms with Crippen LogP contribution in [0.15, 0.2) is 4.99 Å². The van der Waals surface area contributed by atoms with Gasteiger partial charge in [0.05, 0.1) is 5.54 Å². The largest absolute Gasteiger partial charge is 0.474 e. The molecule has 4 atom stereocenters. The topological polar surface area (TPSA) is 47.6 Å². The molecule has 2 fully saturated rings. The summed E-state index contributed by atoms with van der Waals surface area (Å²) in [5.74, 6) is 2.24. The number of fused-ring (bicyclic) bond motifs is 1. The van der Waals surface area contributed by atoms with Crippen LogP contribution in [-0.2, 0) is 4.74 Å². The first-order valence-corrected chi connectivity index (χ1v) is 5.69. The molecule has 0 radical (unpaired) electrons. The normalized spacial score (nSPS) is 50.1. The molecule has 2 aliphatic carbocycles. The molecular weight excluding hydrogens is 176 g/mol. The van der Waals surface area contributed by atoms with E-state index in [1.807, 2.05) is 0 Å². The summed E-state index contributed by atoms with van der Waals surface area (Å²) in [5.41, 5.74) is 6.41. The van der Waals surface area contributed by atoms with E-state index in [-0.39, 0.29) is 11.6 Å². The molecule has 2 N–H and O–H groups in total. The molecule has 3 rings (SSSR count). The molecule has 1 heterocycles. The van der Waals surface area contributed by atoms with Crippen molar-refractivity contribution < 1.29 is 4.74 Å². The summed E-state index contributed by atoms with van der Waals surface area (Å²) in [6.07, 6.45) is 5.23. The summed E-state index contributed by atoms with van der Waals surface area (Å²) in [6, 6.07) is 0. The molecule has 1 aliphatic heterocycles. The fourth-order valence-electron chi connectivity index (χ4n) is 3.09. The zero-order valence-electron chi connectivity index (χ0n) is 8.70. The van der Waals surface area contributed by atoms with Crippen LogP contribution in [0, 0.1) is 11.8 Å². The second kappa shape index (κ2) is 2.72. The smallest absolute Gasteiger partial charge is 0.206 e. The lowest BCUT2D eigenvalue weighted by Gasteiger charge is -2.56. The van der Waals surface area contributed by atoms with Crippen LogP contribution >= 0.6 is 0 Å². The Hall–Kier alpha value is -0.570. The maximum absolute atomic E-state index is 6.44. The van der Waals surface area contributed by atoms with Gasteiger partial charge in [0.2, 0.25) is 5.90 Å². The van der Waals surface area contributed by atoms with Gasteiger partial charge in [-0.05, 0) is 37.5 Å². The summed E-state index contributed by atoms with van der Waals surface area (Å²) >= 11 is 0. The Kier molecular flexibility index (Phi) is 1.69. The van der Waals surface area contributed by atoms with Gasteiger partial charge in [-0.3, -0.25) is 0 Å². The molecule has 78 valence electrons. The molecule has 0 saturated heterocycles. The fraction of sp³-hybridized carbons (Fsp3) is 0.909. The highest BCUT2D eigenvalue weighted by molar-refractivity contribution is 5.89. The molecule has 0 amide bonds. The van der Waals surface area contributed by atoms with E-state index in [1.54, 1.807) is 0 Å². The first kappa shape index (κ1) is 8.72. The third kappa shape index (κ3) is 1.11. The van der Waals surface area contributed by atoms with Crippen molar-refractivity contribution in [2.24, 2.45) is 22.6 Å². The van der Waals surface area contributed by atoms with Gasteiger partial charge in [0, 0.05) is 0 Å². The number of hydrogen-bond acceptors (Lipinski definition) is 3. The molecule has 3 nitrogen and oxygen atoms in total. The highest BCUT2D eigenvalue weighted by Crippen LogP contribution is 2.50. The van der Waals surface area contributed by atoms with E-state index < -0.39 is 0 Å². The van der Waals surface area contributed by atoms with Crippen molar-refractivity contribution in [1.29, 1.82) is 0 Å². The first-order valence-electron chi connectivity index (χ1n) is 5.69. The van der Waals surface area contributed by atoms with E-state index in [9.17, 15) is 0 Å². The van der Waals surface area contributed by atoms with Gasteiger partial charge in [-0.15, -0.1) is 0 Å². The standard InChI is InChI=1S/C11H18N2O/c1-7-2-3-8-4-5-11(8,12)10(7)14-9-6-13-9/h7-8,10H,2-6,12H2,1H3. The van der Waals surface area contributed by atoms with Crippen molar-refractivity contribution in [3.63, 3.8) is 0 Å². The Morgan fingerprint density at radius 2 is 2.21 bits per heavy atom. The van der Waals surface area contributed by atoms with Gasteiger partial charge in [-0.1, -0.05) is 6.92 Å². The molecule has 0 aromatic carbocycles. The molecule has 0 aromatic heterocycles. The highest BCUT2D eigenvalue weighted by atomic mass is 16.5. The van der Waals surface area contributed by atoms with Crippen LogP contribution in [0.5, 0.6) is 0 Å². The Bertz CT molecular complexity index is 289. The Labute approximate surface area is 84.7 Å². The van der Waals surface area contributed by atoms with Crippen molar-refractivity contribution in [3.8, 4) is 0 Å². The average Bonchev–Trinajstić information content (AvgIpc) is 2.93. The molecule has 3 heteroatoms. The van der Waals surface area contributed by atoms with Gasteiger partial charge in [-0.25, -0.2) is 4.99 Å². The monoisotopic (exact) mass is 194 g/mol. The molecule has 0 spiro atoms. The second-order valence-corrected chi connectivity index (χ2v) is 5.15. The lowest BCUT2D eigenvalue weighted by molar-refractivity contribution is -0.0698. The number of nitrogens with zero attached hydrogens (tertiary/aromatic N) is 1. The van der Waals surface area contributed by atoms with Gasteiger partial charge >= 0.3 is 0 Å². The number of rotatable bonds is 1. The van der Waals surface area contributed by atoms with E-state index in [0.717, 1.165) is 18.9 Å². The minimum Gasteiger partial charge on any atom is -0.474 e. The number of ether oxygens (including phenoxy) is 1. The predicted molar refractivity (Wildman–Crippen MR) is 55.2 cm³/mol. The maximum Gasteiger partial charge on any atom is 0.206 e. The minimum absolute atomic E-state index is 0.0250. The van der Waals surface area contributed by atoms with Gasteiger partial charge in [0.25, 0.3) is 0 Å². The van der Waals surface area contributed by atoms with Crippen LogP contribution in [-0.4, -0.2) is 24.1 Å². The predicted octanol–water partition coefficient (Wildman–Crippen LogP) is 1.32. The summed E-state index contributed by atoms with van der Waals surface area (Å²) < 4.78 is 5.88.